The lowest BCUT2D eigenvalue weighted by molar-refractivity contribution is -0.319. The molecule has 0 aromatic rings. The van der Waals surface area contributed by atoms with Crippen molar-refractivity contribution in [2.24, 2.45) is 17.2 Å². The van der Waals surface area contributed by atoms with Gasteiger partial charge in [-0.25, -0.2) is 0 Å². The van der Waals surface area contributed by atoms with Crippen molar-refractivity contribution in [1.29, 1.82) is 0 Å². The third kappa shape index (κ3) is 5.40. The lowest BCUT2D eigenvalue weighted by atomic mass is 9.84. The number of aliphatic hydroxyl groups is 6. The van der Waals surface area contributed by atoms with Gasteiger partial charge in [0.1, 0.15) is 48.3 Å². The van der Waals surface area contributed by atoms with Crippen LogP contribution in [-0.2, 0) is 18.9 Å². The minimum atomic E-state index is -1.46. The normalized spacial score (nSPS) is 53.5. The lowest BCUT2D eigenvalue weighted by Gasteiger charge is -2.49. The monoisotopic (exact) mass is 496 g/mol. The van der Waals surface area contributed by atoms with Crippen molar-refractivity contribution in [3.05, 3.63) is 0 Å². The summed E-state index contributed by atoms with van der Waals surface area (Å²) >= 11 is 0. The Morgan fingerprint density at radius 2 is 1.50 bits per heavy atom. The van der Waals surface area contributed by atoms with E-state index in [2.05, 4.69) is 5.32 Å². The molecule has 0 radical (unpaired) electrons. The maximum atomic E-state index is 11.1. The molecule has 13 N–H and O–H groups in total. The number of ether oxygens (including phenoxy) is 4. The average Bonchev–Trinajstić information content (AvgIpc) is 2.75. The van der Waals surface area contributed by atoms with Gasteiger partial charge >= 0.3 is 0 Å². The van der Waals surface area contributed by atoms with Crippen LogP contribution in [0.25, 0.3) is 0 Å². The van der Waals surface area contributed by atoms with Crippen LogP contribution in [0.1, 0.15) is 20.3 Å². The zero-order chi connectivity index (χ0) is 25.5. The summed E-state index contributed by atoms with van der Waals surface area (Å²) in [6.07, 6.45) is -12.4. The molecule has 0 spiro atoms. The van der Waals surface area contributed by atoms with Crippen LogP contribution >= 0.6 is 0 Å². The van der Waals surface area contributed by atoms with Crippen LogP contribution in [0.2, 0.25) is 0 Å². The highest BCUT2D eigenvalue weighted by Crippen LogP contribution is 2.32. The molecule has 2 saturated heterocycles. The van der Waals surface area contributed by atoms with E-state index in [0.29, 0.717) is 0 Å². The topological polar surface area (TPSA) is 248 Å². The van der Waals surface area contributed by atoms with Gasteiger partial charge in [-0.05, 0) is 27.3 Å². The van der Waals surface area contributed by atoms with E-state index < -0.39 is 91.2 Å². The van der Waals surface area contributed by atoms with Gasteiger partial charge in [0.25, 0.3) is 0 Å². The molecule has 2 aliphatic heterocycles. The summed E-state index contributed by atoms with van der Waals surface area (Å²) < 4.78 is 22.8. The molecule has 3 fully saturated rings. The minimum absolute atomic E-state index is 0.135. The molecule has 15 atom stereocenters. The largest absolute Gasteiger partial charge is 0.391 e. The van der Waals surface area contributed by atoms with Gasteiger partial charge in [0.15, 0.2) is 12.6 Å². The Morgan fingerprint density at radius 3 is 2.03 bits per heavy atom. The van der Waals surface area contributed by atoms with Crippen molar-refractivity contribution < 1.29 is 49.6 Å². The molecular formula is C20H40N4O10. The molecule has 34 heavy (non-hydrogen) atoms. The quantitative estimate of drug-likeness (QED) is 0.165. The first-order valence-corrected chi connectivity index (χ1v) is 11.4. The smallest absolute Gasteiger partial charge is 0.185 e. The second-order valence-corrected chi connectivity index (χ2v) is 9.82. The Morgan fingerprint density at radius 1 is 0.941 bits per heavy atom. The SMILES string of the molecule is CNC1[C@@H](O)C(OC2C(O)[C@H](O[C@H]3OC(C(C)O)[C@@H](O)C(O)C3N)C(N)C[C@H]2N)OCC1(C)O. The second kappa shape index (κ2) is 10.8. The van der Waals surface area contributed by atoms with Crippen molar-refractivity contribution in [3.63, 3.8) is 0 Å². The first-order chi connectivity index (χ1) is 15.8. The molecule has 200 valence electrons. The first kappa shape index (κ1) is 28.0. The summed E-state index contributed by atoms with van der Waals surface area (Å²) in [5.74, 6) is 0. The summed E-state index contributed by atoms with van der Waals surface area (Å²) in [7, 11) is 1.58. The Labute approximate surface area is 197 Å². The first-order valence-electron chi connectivity index (χ1n) is 11.4. The van der Waals surface area contributed by atoms with E-state index in [9.17, 15) is 30.6 Å². The van der Waals surface area contributed by atoms with Crippen molar-refractivity contribution in [3.8, 4) is 0 Å². The predicted molar refractivity (Wildman–Crippen MR) is 116 cm³/mol. The van der Waals surface area contributed by atoms with E-state index in [4.69, 9.17) is 36.1 Å². The molecule has 2 heterocycles. The maximum Gasteiger partial charge on any atom is 0.185 e. The molecule has 0 aromatic heterocycles. The van der Waals surface area contributed by atoms with Crippen LogP contribution in [0.15, 0.2) is 0 Å². The molecule has 3 rings (SSSR count). The lowest BCUT2D eigenvalue weighted by Crippen LogP contribution is -2.69. The molecule has 0 aromatic carbocycles. The van der Waals surface area contributed by atoms with Gasteiger partial charge in [-0.1, -0.05) is 0 Å². The number of aliphatic hydroxyl groups excluding tert-OH is 5. The highest BCUT2D eigenvalue weighted by atomic mass is 16.7. The fourth-order valence-corrected chi connectivity index (χ4v) is 4.95. The van der Waals surface area contributed by atoms with Gasteiger partial charge in [-0.2, -0.15) is 0 Å². The highest BCUT2D eigenvalue weighted by Gasteiger charge is 2.52. The third-order valence-corrected chi connectivity index (χ3v) is 6.95. The van der Waals surface area contributed by atoms with Crippen molar-refractivity contribution in [2.45, 2.75) is 111 Å². The van der Waals surface area contributed by atoms with Gasteiger partial charge in [0.05, 0.1) is 24.8 Å². The fourth-order valence-electron chi connectivity index (χ4n) is 4.95. The molecule has 1 saturated carbocycles. The van der Waals surface area contributed by atoms with E-state index in [0.717, 1.165) is 0 Å². The molecule has 0 amide bonds. The Hall–Kier alpha value is -0.560. The van der Waals surface area contributed by atoms with E-state index >= 15 is 0 Å². The average molecular weight is 497 g/mol. The van der Waals surface area contributed by atoms with Crippen molar-refractivity contribution in [2.75, 3.05) is 13.7 Å². The van der Waals surface area contributed by atoms with Gasteiger partial charge in [0.2, 0.25) is 0 Å². The fraction of sp³-hybridized carbons (Fsp3) is 1.00. The number of likely N-dealkylation sites (N-methyl/N-ethyl adjacent to an activating group) is 1. The van der Waals surface area contributed by atoms with Crippen LogP contribution in [0.4, 0.5) is 0 Å². The van der Waals surface area contributed by atoms with Gasteiger partial charge in [0, 0.05) is 12.1 Å². The zero-order valence-corrected chi connectivity index (χ0v) is 19.5. The van der Waals surface area contributed by atoms with Crippen LogP contribution in [0.5, 0.6) is 0 Å². The third-order valence-electron chi connectivity index (χ3n) is 6.95. The van der Waals surface area contributed by atoms with Gasteiger partial charge in [-0.3, -0.25) is 0 Å². The molecule has 3 aliphatic rings. The number of nitrogens with two attached hydrogens (primary N) is 3. The summed E-state index contributed by atoms with van der Waals surface area (Å²) in [4.78, 5) is 0. The Balaban J connectivity index is 1.73. The van der Waals surface area contributed by atoms with Crippen LogP contribution in [0.3, 0.4) is 0 Å². The van der Waals surface area contributed by atoms with Gasteiger partial charge < -0.3 is 72.1 Å². The molecule has 14 heteroatoms. The molecule has 0 bridgehead atoms. The van der Waals surface area contributed by atoms with E-state index in [-0.39, 0.29) is 13.0 Å². The van der Waals surface area contributed by atoms with Crippen LogP contribution in [0, 0.1) is 0 Å². The molecule has 14 nitrogen and oxygen atoms in total. The summed E-state index contributed by atoms with van der Waals surface area (Å²) in [6, 6.07) is -3.47. The predicted octanol–water partition coefficient (Wildman–Crippen LogP) is -5.61. The zero-order valence-electron chi connectivity index (χ0n) is 19.5. The van der Waals surface area contributed by atoms with Gasteiger partial charge in [-0.15, -0.1) is 0 Å². The van der Waals surface area contributed by atoms with Crippen LogP contribution in [-0.4, -0.2) is 135 Å². The highest BCUT2D eigenvalue weighted by molar-refractivity contribution is 5.02. The van der Waals surface area contributed by atoms with E-state index in [1.165, 1.54) is 13.8 Å². The second-order valence-electron chi connectivity index (χ2n) is 9.82. The molecule has 10 unspecified atom stereocenters. The van der Waals surface area contributed by atoms with Crippen molar-refractivity contribution in [1.82, 2.24) is 5.32 Å². The van der Waals surface area contributed by atoms with E-state index in [1.54, 1.807) is 7.05 Å². The van der Waals surface area contributed by atoms with Crippen molar-refractivity contribution >= 4 is 0 Å². The summed E-state index contributed by atoms with van der Waals surface area (Å²) in [5.41, 5.74) is 17.0. The summed E-state index contributed by atoms with van der Waals surface area (Å²) in [5, 5.41) is 65.2. The standard InChI is InChI=1S/C20H40N4O10/c1-6(25)14-11(27)10(26)9(23)18(32-14)33-15-7(21)4-8(22)16(12(15)28)34-19-13(29)17(24-3)20(2,30)5-31-19/h6-19,24-30H,4-5,21-23H2,1-3H3/t6?,7?,8-,9?,10?,11+,12?,13-,14?,15-,16?,17?,18-,19?,20?/m1/s1. The van der Waals surface area contributed by atoms with Crippen LogP contribution < -0.4 is 22.5 Å². The molecular weight excluding hydrogens is 456 g/mol. The number of hydrogen-bond acceptors (Lipinski definition) is 14. The number of hydrogen-bond donors (Lipinski definition) is 10. The summed E-state index contributed by atoms with van der Waals surface area (Å²) in [6.45, 7) is 2.75. The maximum absolute atomic E-state index is 11.1. The van der Waals surface area contributed by atoms with E-state index in [1.807, 2.05) is 0 Å². The number of rotatable bonds is 6. The minimum Gasteiger partial charge on any atom is -0.391 e. The molecule has 1 aliphatic carbocycles. The Kier molecular flexibility index (Phi) is 8.92. The number of nitrogens with one attached hydrogen (secondary N) is 1. The Bertz CT molecular complexity index is 675.